The number of nitrogens with zero attached hydrogens (tertiary/aromatic N) is 2. The minimum Gasteiger partial charge on any atom is -0.507 e. The van der Waals surface area contributed by atoms with Crippen molar-refractivity contribution < 1.29 is 19.4 Å². The van der Waals surface area contributed by atoms with Crippen LogP contribution in [0.4, 0.5) is 0 Å². The summed E-state index contributed by atoms with van der Waals surface area (Å²) in [6.07, 6.45) is 0.667. The summed E-state index contributed by atoms with van der Waals surface area (Å²) in [6.45, 7) is 1.10. The number of benzene rings is 2. The van der Waals surface area contributed by atoms with Crippen molar-refractivity contribution in [2.45, 2.75) is 12.5 Å². The number of hydrogen-bond donors (Lipinski definition) is 1. The van der Waals surface area contributed by atoms with Gasteiger partial charge in [-0.3, -0.25) is 9.59 Å². The molecule has 1 fully saturated rings. The van der Waals surface area contributed by atoms with Gasteiger partial charge in [0.15, 0.2) is 0 Å². The normalized spacial score (nSPS) is 18.1. The van der Waals surface area contributed by atoms with E-state index in [1.165, 1.54) is 4.90 Å². The van der Waals surface area contributed by atoms with Crippen LogP contribution in [0.15, 0.2) is 48.0 Å². The van der Waals surface area contributed by atoms with E-state index >= 15 is 0 Å². The summed E-state index contributed by atoms with van der Waals surface area (Å²) < 4.78 is 5.15. The third kappa shape index (κ3) is 4.87. The van der Waals surface area contributed by atoms with E-state index in [1.807, 2.05) is 19.0 Å². The standard InChI is InChI=1S/C23H24Cl2N2O4/c1-26(2)11-4-12-27-20(15-7-10-17(24)18(25)13-15)19(22(29)23(27)30)21(28)14-5-8-16(31-3)9-6-14/h5-10,13,20,28H,4,11-12H2,1-3H3/b21-19+/t20-/m0/s1. The Morgan fingerprint density at radius 2 is 1.77 bits per heavy atom. The van der Waals surface area contributed by atoms with Crippen LogP contribution in [0.5, 0.6) is 5.75 Å². The molecular weight excluding hydrogens is 439 g/mol. The van der Waals surface area contributed by atoms with Crippen molar-refractivity contribution in [2.75, 3.05) is 34.3 Å². The first-order valence-corrected chi connectivity index (χ1v) is 10.5. The lowest BCUT2D eigenvalue weighted by molar-refractivity contribution is -0.139. The predicted octanol–water partition coefficient (Wildman–Crippen LogP) is 4.38. The molecule has 6 nitrogen and oxygen atoms in total. The van der Waals surface area contributed by atoms with Gasteiger partial charge in [0.05, 0.1) is 28.8 Å². The van der Waals surface area contributed by atoms with Gasteiger partial charge in [-0.1, -0.05) is 29.3 Å². The molecule has 8 heteroatoms. The number of aliphatic hydroxyl groups excluding tert-OH is 1. The summed E-state index contributed by atoms with van der Waals surface area (Å²) >= 11 is 12.3. The number of aliphatic hydroxyl groups is 1. The molecule has 3 rings (SSSR count). The van der Waals surface area contributed by atoms with Crippen molar-refractivity contribution in [3.8, 4) is 5.75 Å². The van der Waals surface area contributed by atoms with E-state index in [9.17, 15) is 14.7 Å². The molecular formula is C23H24Cl2N2O4. The van der Waals surface area contributed by atoms with Crippen LogP contribution in [-0.2, 0) is 9.59 Å². The number of ether oxygens (including phenoxy) is 1. The maximum absolute atomic E-state index is 13.0. The highest BCUT2D eigenvalue weighted by molar-refractivity contribution is 6.46. The second-order valence-corrected chi connectivity index (χ2v) is 8.37. The molecule has 2 aromatic carbocycles. The van der Waals surface area contributed by atoms with Gasteiger partial charge in [0, 0.05) is 12.1 Å². The highest BCUT2D eigenvalue weighted by atomic mass is 35.5. The molecule has 164 valence electrons. The van der Waals surface area contributed by atoms with Gasteiger partial charge < -0.3 is 19.6 Å². The molecule has 0 aliphatic carbocycles. The molecule has 1 amide bonds. The average molecular weight is 463 g/mol. The number of likely N-dealkylation sites (tertiary alicyclic amines) is 1. The lowest BCUT2D eigenvalue weighted by Crippen LogP contribution is -2.32. The van der Waals surface area contributed by atoms with E-state index in [0.717, 1.165) is 6.54 Å². The molecule has 1 atom stereocenters. The van der Waals surface area contributed by atoms with Gasteiger partial charge in [-0.05, 0) is 69.0 Å². The monoisotopic (exact) mass is 462 g/mol. The van der Waals surface area contributed by atoms with Crippen LogP contribution in [0.3, 0.4) is 0 Å². The topological polar surface area (TPSA) is 70.1 Å². The summed E-state index contributed by atoms with van der Waals surface area (Å²) in [5.74, 6) is -1.01. The van der Waals surface area contributed by atoms with Crippen molar-refractivity contribution in [3.63, 3.8) is 0 Å². The number of hydrogen-bond acceptors (Lipinski definition) is 5. The van der Waals surface area contributed by atoms with Crippen LogP contribution in [0, 0.1) is 0 Å². The van der Waals surface area contributed by atoms with E-state index in [1.54, 1.807) is 49.6 Å². The highest BCUT2D eigenvalue weighted by Gasteiger charge is 2.45. The fourth-order valence-corrected chi connectivity index (χ4v) is 3.91. The molecule has 31 heavy (non-hydrogen) atoms. The van der Waals surface area contributed by atoms with Crippen molar-refractivity contribution in [1.82, 2.24) is 9.80 Å². The molecule has 0 unspecified atom stereocenters. The number of methoxy groups -OCH3 is 1. The fourth-order valence-electron chi connectivity index (χ4n) is 3.60. The Balaban J connectivity index is 2.10. The first-order valence-electron chi connectivity index (χ1n) is 9.77. The first kappa shape index (κ1) is 23.1. The summed E-state index contributed by atoms with van der Waals surface area (Å²) in [6, 6.07) is 10.8. The van der Waals surface area contributed by atoms with Gasteiger partial charge in [0.1, 0.15) is 11.5 Å². The molecule has 1 aliphatic heterocycles. The molecule has 0 bridgehead atoms. The Bertz CT molecular complexity index is 1020. The van der Waals surface area contributed by atoms with Gasteiger partial charge in [0.25, 0.3) is 11.7 Å². The first-order chi connectivity index (χ1) is 14.7. The predicted molar refractivity (Wildman–Crippen MR) is 122 cm³/mol. The molecule has 0 saturated carbocycles. The zero-order valence-corrected chi connectivity index (χ0v) is 19.1. The second-order valence-electron chi connectivity index (χ2n) is 7.55. The largest absolute Gasteiger partial charge is 0.507 e. The van der Waals surface area contributed by atoms with Crippen LogP contribution in [0.1, 0.15) is 23.6 Å². The molecule has 0 spiro atoms. The van der Waals surface area contributed by atoms with Crippen molar-refractivity contribution in [3.05, 3.63) is 69.2 Å². The number of carbonyl (C=O) groups is 2. The number of carbonyl (C=O) groups excluding carboxylic acids is 2. The van der Waals surface area contributed by atoms with Gasteiger partial charge in [-0.15, -0.1) is 0 Å². The van der Waals surface area contributed by atoms with Crippen molar-refractivity contribution >= 4 is 40.7 Å². The molecule has 1 N–H and O–H groups in total. The zero-order chi connectivity index (χ0) is 22.7. The van der Waals surface area contributed by atoms with Crippen molar-refractivity contribution in [1.29, 1.82) is 0 Å². The Labute approximate surface area is 191 Å². The zero-order valence-electron chi connectivity index (χ0n) is 17.6. The van der Waals surface area contributed by atoms with Crippen LogP contribution >= 0.6 is 23.2 Å². The fraction of sp³-hybridized carbons (Fsp3) is 0.304. The van der Waals surface area contributed by atoms with E-state index in [-0.39, 0.29) is 11.3 Å². The highest BCUT2D eigenvalue weighted by Crippen LogP contribution is 2.41. The SMILES string of the molecule is COc1ccc(/C(O)=C2\C(=O)C(=O)N(CCCN(C)C)[C@H]2c2ccc(Cl)c(Cl)c2)cc1. The molecule has 1 saturated heterocycles. The lowest BCUT2D eigenvalue weighted by atomic mass is 9.95. The summed E-state index contributed by atoms with van der Waals surface area (Å²) in [5, 5.41) is 11.7. The Hall–Kier alpha value is -2.54. The molecule has 1 heterocycles. The third-order valence-corrected chi connectivity index (χ3v) is 5.91. The quantitative estimate of drug-likeness (QED) is 0.375. The third-order valence-electron chi connectivity index (χ3n) is 5.17. The second kappa shape index (κ2) is 9.73. The maximum Gasteiger partial charge on any atom is 0.295 e. The number of halogens is 2. The van der Waals surface area contributed by atoms with E-state index in [4.69, 9.17) is 27.9 Å². The van der Waals surface area contributed by atoms with Gasteiger partial charge >= 0.3 is 0 Å². The molecule has 0 aromatic heterocycles. The lowest BCUT2D eigenvalue weighted by Gasteiger charge is -2.26. The van der Waals surface area contributed by atoms with Crippen LogP contribution in [-0.4, -0.2) is 60.9 Å². The Morgan fingerprint density at radius 3 is 2.35 bits per heavy atom. The smallest absolute Gasteiger partial charge is 0.295 e. The molecule has 1 aliphatic rings. The number of ketones is 1. The van der Waals surface area contributed by atoms with E-state index in [0.29, 0.717) is 39.9 Å². The Morgan fingerprint density at radius 1 is 1.10 bits per heavy atom. The van der Waals surface area contributed by atoms with Crippen LogP contribution < -0.4 is 4.74 Å². The average Bonchev–Trinajstić information content (AvgIpc) is 3.00. The summed E-state index contributed by atoms with van der Waals surface area (Å²) in [5.41, 5.74) is 1.05. The minimum atomic E-state index is -0.765. The number of rotatable bonds is 7. The molecule has 0 radical (unpaired) electrons. The number of amides is 1. The van der Waals surface area contributed by atoms with E-state index < -0.39 is 17.7 Å². The number of Topliss-reactive ketones (excluding diaryl/α,β-unsaturated/α-hetero) is 1. The summed E-state index contributed by atoms with van der Waals surface area (Å²) in [4.78, 5) is 29.4. The van der Waals surface area contributed by atoms with Crippen LogP contribution in [0.25, 0.3) is 5.76 Å². The Kier molecular flexibility index (Phi) is 7.26. The van der Waals surface area contributed by atoms with Gasteiger partial charge in [0.2, 0.25) is 0 Å². The van der Waals surface area contributed by atoms with Gasteiger partial charge in [-0.25, -0.2) is 0 Å². The summed E-state index contributed by atoms with van der Waals surface area (Å²) in [7, 11) is 5.42. The maximum atomic E-state index is 13.0. The van der Waals surface area contributed by atoms with E-state index in [2.05, 4.69) is 0 Å². The molecule has 2 aromatic rings. The van der Waals surface area contributed by atoms with Gasteiger partial charge in [-0.2, -0.15) is 0 Å². The minimum absolute atomic E-state index is 0.0263. The van der Waals surface area contributed by atoms with Crippen LogP contribution in [0.2, 0.25) is 10.0 Å². The van der Waals surface area contributed by atoms with Crippen molar-refractivity contribution in [2.24, 2.45) is 0 Å².